The molecule has 3 rings (SSSR count). The normalized spacial score (nSPS) is 13.6. The summed E-state index contributed by atoms with van der Waals surface area (Å²) in [5, 5.41) is 1.19. The minimum Gasteiger partial charge on any atom is -0.495 e. The Bertz CT molecular complexity index is 781. The third kappa shape index (κ3) is 3.46. The quantitative estimate of drug-likeness (QED) is 0.678. The molecule has 0 aliphatic carbocycles. The average molecular weight is 392 g/mol. The van der Waals surface area contributed by atoms with Crippen LogP contribution in [0, 0.1) is 0 Å². The van der Waals surface area contributed by atoms with Gasteiger partial charge in [-0.25, -0.2) is 4.68 Å². The first-order valence-corrected chi connectivity index (χ1v) is 9.20. The van der Waals surface area contributed by atoms with Gasteiger partial charge in [-0.05, 0) is 31.4 Å². The monoisotopic (exact) mass is 390 g/mol. The summed E-state index contributed by atoms with van der Waals surface area (Å²) in [7, 11) is 1.52. The highest BCUT2D eigenvalue weighted by molar-refractivity contribution is 6.38. The molecule has 0 atom stereocenters. The molecule has 1 aromatic heterocycles. The number of halogens is 3. The molecule has 1 aliphatic heterocycles. The molecule has 132 valence electrons. The minimum atomic E-state index is -0.127. The van der Waals surface area contributed by atoms with Crippen molar-refractivity contribution >= 4 is 34.8 Å². The molecule has 0 N–H and O–H groups in total. The summed E-state index contributed by atoms with van der Waals surface area (Å²) in [5.74, 6) is 0.461. The molecule has 0 unspecified atom stereocenters. The van der Waals surface area contributed by atoms with E-state index in [1.165, 1.54) is 7.11 Å². The molecule has 4 nitrogen and oxygen atoms in total. The van der Waals surface area contributed by atoms with Gasteiger partial charge in [0.2, 0.25) is 0 Å². The molecule has 0 fully saturated rings. The number of nitrogens with zero attached hydrogens (tertiary/aromatic N) is 2. The molecule has 0 spiro atoms. The fourth-order valence-corrected chi connectivity index (χ4v) is 3.72. The lowest BCUT2D eigenvalue weighted by Gasteiger charge is -2.08. The van der Waals surface area contributed by atoms with Gasteiger partial charge in [0, 0.05) is 18.7 Å². The van der Waals surface area contributed by atoms with E-state index in [0.717, 1.165) is 25.8 Å². The molecule has 2 aromatic rings. The maximum atomic E-state index is 12.7. The van der Waals surface area contributed by atoms with Gasteiger partial charge in [0.1, 0.15) is 10.9 Å². The lowest BCUT2D eigenvalue weighted by Crippen LogP contribution is -2.22. The van der Waals surface area contributed by atoms with Gasteiger partial charge in [-0.15, -0.1) is 0 Å². The highest BCUT2D eigenvalue weighted by Gasteiger charge is 2.23. The van der Waals surface area contributed by atoms with E-state index in [1.807, 2.05) is 18.5 Å². The third-order valence-electron chi connectivity index (χ3n) is 3.92. The number of hydrogen-bond acceptors (Lipinski definition) is 2. The topological polar surface area (TPSA) is 36.2 Å². The molecule has 1 aliphatic rings. The Balaban J connectivity index is 0.00000100. The van der Waals surface area contributed by atoms with Crippen LogP contribution < -0.4 is 10.3 Å². The van der Waals surface area contributed by atoms with E-state index in [9.17, 15) is 4.79 Å². The Morgan fingerprint density at radius 1 is 0.958 bits per heavy atom. The van der Waals surface area contributed by atoms with Gasteiger partial charge in [-0.2, -0.15) is 0 Å². The molecule has 1 aromatic carbocycles. The van der Waals surface area contributed by atoms with Crippen LogP contribution >= 0.6 is 34.8 Å². The van der Waals surface area contributed by atoms with Gasteiger partial charge in [-0.1, -0.05) is 48.7 Å². The molecule has 24 heavy (non-hydrogen) atoms. The second-order valence-electron chi connectivity index (χ2n) is 5.24. The molecular formula is C17H21Cl3N2O2. The van der Waals surface area contributed by atoms with Crippen LogP contribution in [0.2, 0.25) is 15.2 Å². The fourth-order valence-electron chi connectivity index (χ4n) is 2.81. The van der Waals surface area contributed by atoms with Crippen molar-refractivity contribution in [3.63, 3.8) is 0 Å². The summed E-state index contributed by atoms with van der Waals surface area (Å²) >= 11 is 18.8. The van der Waals surface area contributed by atoms with Crippen molar-refractivity contribution in [1.29, 1.82) is 0 Å². The molecule has 0 bridgehead atoms. The van der Waals surface area contributed by atoms with Crippen molar-refractivity contribution in [2.75, 3.05) is 7.11 Å². The highest BCUT2D eigenvalue weighted by Crippen LogP contribution is 2.38. The first kappa shape index (κ1) is 19.2. The molecule has 0 radical (unpaired) electrons. The molecule has 0 amide bonds. The Morgan fingerprint density at radius 3 is 2.21 bits per heavy atom. The number of aromatic nitrogens is 2. The molecular weight excluding hydrogens is 371 g/mol. The lowest BCUT2D eigenvalue weighted by atomic mass is 10.1. The Morgan fingerprint density at radius 2 is 1.58 bits per heavy atom. The van der Waals surface area contributed by atoms with Gasteiger partial charge < -0.3 is 4.74 Å². The fraction of sp³-hybridized carbons (Fsp3) is 0.471. The SMILES string of the molecule is CC.COc1cc(-c2c(Cl)n3n(c2=O)CCCCC3)c(Cl)cc1Cl. The van der Waals surface area contributed by atoms with Crippen LogP contribution in [-0.4, -0.2) is 16.5 Å². The van der Waals surface area contributed by atoms with Crippen LogP contribution in [0.4, 0.5) is 0 Å². The second kappa shape index (κ2) is 8.32. The van der Waals surface area contributed by atoms with E-state index in [2.05, 4.69) is 0 Å². The minimum absolute atomic E-state index is 0.127. The van der Waals surface area contributed by atoms with Crippen LogP contribution in [0.25, 0.3) is 11.1 Å². The predicted molar refractivity (Wildman–Crippen MR) is 101 cm³/mol. The summed E-state index contributed by atoms with van der Waals surface area (Å²) in [4.78, 5) is 12.7. The Hall–Kier alpha value is -1.10. The van der Waals surface area contributed by atoms with Crippen molar-refractivity contribution in [2.24, 2.45) is 0 Å². The summed E-state index contributed by atoms with van der Waals surface area (Å²) in [6.07, 6.45) is 3.07. The first-order chi connectivity index (χ1) is 11.5. The Labute approximate surface area is 156 Å². The number of hydrogen-bond donors (Lipinski definition) is 0. The Kier molecular flexibility index (Phi) is 6.67. The van der Waals surface area contributed by atoms with Crippen molar-refractivity contribution in [2.45, 2.75) is 46.2 Å². The van der Waals surface area contributed by atoms with Crippen LogP contribution in [0.15, 0.2) is 16.9 Å². The molecule has 7 heteroatoms. The van der Waals surface area contributed by atoms with E-state index in [1.54, 1.807) is 16.8 Å². The van der Waals surface area contributed by atoms with E-state index >= 15 is 0 Å². The summed E-state index contributed by atoms with van der Waals surface area (Å²) in [6.45, 7) is 5.40. The van der Waals surface area contributed by atoms with Crippen molar-refractivity contribution in [1.82, 2.24) is 9.36 Å². The van der Waals surface area contributed by atoms with Gasteiger partial charge in [-0.3, -0.25) is 9.48 Å². The standard InChI is InChI=1S/C15H15Cl3N2O2.C2H6/c1-22-12-7-9(10(16)8-11(12)17)13-14(18)19-5-3-2-4-6-20(19)15(13)21;1-2/h7-8H,2-6H2,1H3;1-2H3. The number of rotatable bonds is 2. The predicted octanol–water partition coefficient (Wildman–Crippen LogP) is 5.50. The van der Waals surface area contributed by atoms with Crippen molar-refractivity contribution in [3.8, 4) is 16.9 Å². The van der Waals surface area contributed by atoms with Gasteiger partial charge in [0.15, 0.2) is 0 Å². The van der Waals surface area contributed by atoms with E-state index in [-0.39, 0.29) is 5.56 Å². The number of benzene rings is 1. The largest absolute Gasteiger partial charge is 0.495 e. The zero-order valence-corrected chi connectivity index (χ0v) is 16.3. The van der Waals surface area contributed by atoms with Crippen molar-refractivity contribution < 1.29 is 4.74 Å². The van der Waals surface area contributed by atoms with Gasteiger partial charge >= 0.3 is 0 Å². The second-order valence-corrected chi connectivity index (χ2v) is 6.42. The van der Waals surface area contributed by atoms with E-state index in [4.69, 9.17) is 39.5 Å². The summed E-state index contributed by atoms with van der Waals surface area (Å²) in [5.41, 5.74) is 0.827. The highest BCUT2D eigenvalue weighted by atomic mass is 35.5. The maximum absolute atomic E-state index is 12.7. The smallest absolute Gasteiger partial charge is 0.276 e. The average Bonchev–Trinajstić information content (AvgIpc) is 2.77. The molecule has 2 heterocycles. The number of ether oxygens (including phenoxy) is 1. The number of methoxy groups -OCH3 is 1. The van der Waals surface area contributed by atoms with Crippen molar-refractivity contribution in [3.05, 3.63) is 37.7 Å². The van der Waals surface area contributed by atoms with Gasteiger partial charge in [0.05, 0.1) is 22.7 Å². The zero-order valence-electron chi connectivity index (χ0n) is 14.0. The maximum Gasteiger partial charge on any atom is 0.276 e. The van der Waals surface area contributed by atoms with E-state index < -0.39 is 0 Å². The summed E-state index contributed by atoms with van der Waals surface area (Å²) < 4.78 is 8.75. The zero-order chi connectivity index (χ0) is 17.9. The molecule has 0 saturated carbocycles. The summed E-state index contributed by atoms with van der Waals surface area (Å²) in [6, 6.07) is 3.23. The lowest BCUT2D eigenvalue weighted by molar-refractivity contribution is 0.415. The van der Waals surface area contributed by atoms with Crippen LogP contribution in [-0.2, 0) is 13.1 Å². The van der Waals surface area contributed by atoms with Crippen LogP contribution in [0.3, 0.4) is 0 Å². The molecule has 0 saturated heterocycles. The van der Waals surface area contributed by atoms with Crippen LogP contribution in [0.5, 0.6) is 5.75 Å². The van der Waals surface area contributed by atoms with Gasteiger partial charge in [0.25, 0.3) is 5.56 Å². The van der Waals surface area contributed by atoms with E-state index in [0.29, 0.717) is 38.6 Å². The third-order valence-corrected chi connectivity index (χ3v) is 4.92. The first-order valence-electron chi connectivity index (χ1n) is 8.07. The van der Waals surface area contributed by atoms with Crippen LogP contribution in [0.1, 0.15) is 33.1 Å². The number of fused-ring (bicyclic) bond motifs is 1.